The Hall–Kier alpha value is -2.17. The number of aryl methyl sites for hydroxylation is 1. The quantitative estimate of drug-likeness (QED) is 0.582. The van der Waals surface area contributed by atoms with Gasteiger partial charge in [-0.15, -0.1) is 0 Å². The van der Waals surface area contributed by atoms with Crippen LogP contribution in [0.5, 0.6) is 0 Å². The number of carbonyl (C=O) groups is 1. The number of anilines is 2. The van der Waals surface area contributed by atoms with Crippen LogP contribution in [-0.2, 0) is 21.4 Å². The maximum Gasteiger partial charge on any atom is 0.308 e. The number of amides is 1. The highest BCUT2D eigenvalue weighted by atomic mass is 79.9. The number of rotatable bonds is 6. The van der Waals surface area contributed by atoms with Crippen LogP contribution in [0.4, 0.5) is 11.4 Å². The molecule has 0 bridgehead atoms. The Morgan fingerprint density at radius 1 is 1.25 bits per heavy atom. The Bertz CT molecular complexity index is 1200. The molecule has 1 aromatic heterocycles. The van der Waals surface area contributed by atoms with Gasteiger partial charge in [-0.2, -0.15) is 0 Å². The summed E-state index contributed by atoms with van der Waals surface area (Å²) in [5, 5.41) is 2.71. The smallest absolute Gasteiger partial charge is 0.308 e. The first-order valence-corrected chi connectivity index (χ1v) is 11.8. The molecule has 10 heteroatoms. The summed E-state index contributed by atoms with van der Waals surface area (Å²) in [6.07, 6.45) is 1.05. The Morgan fingerprint density at radius 2 is 1.96 bits per heavy atom. The second kappa shape index (κ2) is 8.06. The summed E-state index contributed by atoms with van der Waals surface area (Å²) in [5.41, 5.74) is 1.69. The van der Waals surface area contributed by atoms with Crippen LogP contribution in [0.25, 0.3) is 10.2 Å². The van der Waals surface area contributed by atoms with Crippen molar-refractivity contribution in [3.8, 4) is 0 Å². The van der Waals surface area contributed by atoms with E-state index in [-0.39, 0.29) is 11.4 Å². The van der Waals surface area contributed by atoms with Crippen LogP contribution < -0.4 is 14.5 Å². The number of hydrogen-bond donors (Lipinski definition) is 1. The average Bonchev–Trinajstić information content (AvgIpc) is 2.93. The number of nitrogens with one attached hydrogen (secondary N) is 1. The zero-order valence-corrected chi connectivity index (χ0v) is 18.4. The highest BCUT2D eigenvalue weighted by molar-refractivity contribution is 9.10. The van der Waals surface area contributed by atoms with Crippen LogP contribution in [-0.4, -0.2) is 31.7 Å². The molecule has 2 aromatic carbocycles. The molecule has 28 heavy (non-hydrogen) atoms. The van der Waals surface area contributed by atoms with Gasteiger partial charge < -0.3 is 5.32 Å². The Balaban J connectivity index is 1.85. The van der Waals surface area contributed by atoms with Gasteiger partial charge in [-0.1, -0.05) is 23.5 Å². The monoisotopic (exact) mass is 483 g/mol. The Kier molecular flexibility index (Phi) is 5.92. The fourth-order valence-corrected chi connectivity index (χ4v) is 5.29. The largest absolute Gasteiger partial charge is 0.324 e. The third kappa shape index (κ3) is 4.29. The number of fused-ring (bicyclic) bond motifs is 1. The first kappa shape index (κ1) is 20.6. The Labute approximate surface area is 174 Å². The minimum atomic E-state index is -3.67. The molecule has 0 aliphatic rings. The SMILES string of the molecule is CCn1c(=O)sc2cc(NC(=O)CN(c3ccccc3Br)S(C)(=O)=O)ccc21. The minimum absolute atomic E-state index is 0.0573. The molecule has 0 aliphatic carbocycles. The van der Waals surface area contributed by atoms with Gasteiger partial charge in [-0.3, -0.25) is 18.5 Å². The number of thiazole rings is 1. The molecule has 0 aliphatic heterocycles. The van der Waals surface area contributed by atoms with Crippen LogP contribution in [0.1, 0.15) is 6.92 Å². The molecule has 0 saturated heterocycles. The van der Waals surface area contributed by atoms with E-state index in [0.29, 0.717) is 22.4 Å². The van der Waals surface area contributed by atoms with Crippen LogP contribution >= 0.6 is 27.3 Å². The number of aromatic nitrogens is 1. The molecule has 7 nitrogen and oxygen atoms in total. The zero-order valence-electron chi connectivity index (χ0n) is 15.2. The number of sulfonamides is 1. The van der Waals surface area contributed by atoms with Gasteiger partial charge in [0.25, 0.3) is 0 Å². The van der Waals surface area contributed by atoms with Crippen molar-refractivity contribution in [2.75, 3.05) is 22.4 Å². The van der Waals surface area contributed by atoms with Gasteiger partial charge in [0.2, 0.25) is 15.9 Å². The summed E-state index contributed by atoms with van der Waals surface area (Å²) in [6.45, 7) is 2.09. The minimum Gasteiger partial charge on any atom is -0.324 e. The molecular weight excluding hydrogens is 466 g/mol. The highest BCUT2D eigenvalue weighted by Gasteiger charge is 2.22. The van der Waals surface area contributed by atoms with Gasteiger partial charge in [0, 0.05) is 16.7 Å². The van der Waals surface area contributed by atoms with Gasteiger partial charge >= 0.3 is 4.87 Å². The van der Waals surface area contributed by atoms with Crippen LogP contribution in [0.15, 0.2) is 51.7 Å². The maximum atomic E-state index is 12.5. The van der Waals surface area contributed by atoms with E-state index in [9.17, 15) is 18.0 Å². The van der Waals surface area contributed by atoms with E-state index < -0.39 is 15.9 Å². The third-order valence-corrected chi connectivity index (χ3v) is 6.82. The third-order valence-electron chi connectivity index (χ3n) is 4.08. The maximum absolute atomic E-state index is 12.5. The molecular formula is C18H18BrN3O4S2. The van der Waals surface area contributed by atoms with Crippen molar-refractivity contribution in [3.63, 3.8) is 0 Å². The fraction of sp³-hybridized carbons (Fsp3) is 0.222. The molecule has 0 radical (unpaired) electrons. The van der Waals surface area contributed by atoms with Gasteiger partial charge in [-0.05, 0) is 53.2 Å². The number of benzene rings is 2. The standard InChI is InChI=1S/C18H18BrN3O4S2/c1-3-21-15-9-8-12(10-16(15)27-18(21)24)20-17(23)11-22(28(2,25)26)14-7-5-4-6-13(14)19/h4-10H,3,11H2,1-2H3,(H,20,23). The van der Waals surface area contributed by atoms with Gasteiger partial charge in [-0.25, -0.2) is 8.42 Å². The van der Waals surface area contributed by atoms with E-state index >= 15 is 0 Å². The summed E-state index contributed by atoms with van der Waals surface area (Å²) in [7, 11) is -3.67. The van der Waals surface area contributed by atoms with E-state index in [0.717, 1.165) is 32.1 Å². The molecule has 0 unspecified atom stereocenters. The summed E-state index contributed by atoms with van der Waals surface area (Å²) < 4.78 is 28.4. The van der Waals surface area contributed by atoms with Crippen LogP contribution in [0.3, 0.4) is 0 Å². The number of carbonyl (C=O) groups excluding carboxylic acids is 1. The fourth-order valence-electron chi connectivity index (χ4n) is 2.81. The summed E-state index contributed by atoms with van der Waals surface area (Å²) in [6, 6.07) is 12.0. The van der Waals surface area contributed by atoms with Crippen LogP contribution in [0, 0.1) is 0 Å². The number of nitrogens with zero attached hydrogens (tertiary/aromatic N) is 2. The predicted molar refractivity (Wildman–Crippen MR) is 117 cm³/mol. The number of halogens is 1. The van der Waals surface area contributed by atoms with Gasteiger partial charge in [0.1, 0.15) is 6.54 Å². The first-order valence-electron chi connectivity index (χ1n) is 8.36. The van der Waals surface area contributed by atoms with Crippen molar-refractivity contribution in [2.45, 2.75) is 13.5 Å². The normalized spacial score (nSPS) is 11.5. The lowest BCUT2D eigenvalue weighted by atomic mass is 10.3. The lowest BCUT2D eigenvalue weighted by Gasteiger charge is -2.23. The van der Waals surface area contributed by atoms with E-state index in [1.807, 2.05) is 6.92 Å². The second-order valence-electron chi connectivity index (χ2n) is 6.06. The van der Waals surface area contributed by atoms with Crippen molar-refractivity contribution in [2.24, 2.45) is 0 Å². The molecule has 3 rings (SSSR count). The molecule has 0 atom stereocenters. The molecule has 1 amide bonds. The molecule has 0 saturated carbocycles. The van der Waals surface area contributed by atoms with Crippen molar-refractivity contribution < 1.29 is 13.2 Å². The lowest BCUT2D eigenvalue weighted by molar-refractivity contribution is -0.114. The number of hydrogen-bond acceptors (Lipinski definition) is 5. The first-order chi connectivity index (χ1) is 13.2. The van der Waals surface area contributed by atoms with E-state index in [4.69, 9.17) is 0 Å². The molecule has 148 valence electrons. The van der Waals surface area contributed by atoms with Gasteiger partial charge in [0.05, 0.1) is 22.2 Å². The van der Waals surface area contributed by atoms with Crippen LogP contribution in [0.2, 0.25) is 0 Å². The molecule has 0 spiro atoms. The van der Waals surface area contributed by atoms with E-state index in [2.05, 4.69) is 21.2 Å². The van der Waals surface area contributed by atoms with Crippen molar-refractivity contribution in [1.29, 1.82) is 0 Å². The molecule has 1 heterocycles. The predicted octanol–water partition coefficient (Wildman–Crippen LogP) is 3.25. The van der Waals surface area contributed by atoms with Crippen molar-refractivity contribution in [3.05, 3.63) is 56.6 Å². The summed E-state index contributed by atoms with van der Waals surface area (Å²) in [4.78, 5) is 24.4. The summed E-state index contributed by atoms with van der Waals surface area (Å²) in [5.74, 6) is -0.484. The number of para-hydroxylation sites is 1. The Morgan fingerprint density at radius 3 is 2.61 bits per heavy atom. The topological polar surface area (TPSA) is 88.5 Å². The second-order valence-corrected chi connectivity index (χ2v) is 9.82. The van der Waals surface area contributed by atoms with Crippen molar-refractivity contribution in [1.82, 2.24) is 4.57 Å². The molecule has 0 fully saturated rings. The van der Waals surface area contributed by atoms with E-state index in [1.165, 1.54) is 0 Å². The summed E-state index contributed by atoms with van der Waals surface area (Å²) >= 11 is 4.43. The lowest BCUT2D eigenvalue weighted by Crippen LogP contribution is -2.37. The molecule has 1 N–H and O–H groups in total. The van der Waals surface area contributed by atoms with Gasteiger partial charge in [0.15, 0.2) is 0 Å². The molecule has 3 aromatic rings. The average molecular weight is 484 g/mol. The highest BCUT2D eigenvalue weighted by Crippen LogP contribution is 2.28. The zero-order chi connectivity index (χ0) is 20.5. The van der Waals surface area contributed by atoms with Crippen molar-refractivity contribution >= 4 is 64.8 Å². The van der Waals surface area contributed by atoms with E-state index in [1.54, 1.807) is 47.0 Å².